The largest absolute Gasteiger partial charge is 0.369 e. The van der Waals surface area contributed by atoms with Crippen LogP contribution < -0.4 is 4.90 Å². The number of hydrogen-bond donors (Lipinski definition) is 0. The molecule has 0 radical (unpaired) electrons. The fourth-order valence-corrected chi connectivity index (χ4v) is 2.84. The fraction of sp³-hybridized carbons (Fsp3) is 0.308. The third-order valence-corrected chi connectivity index (χ3v) is 3.92. The van der Waals surface area contributed by atoms with Crippen LogP contribution in [0.15, 0.2) is 35.7 Å². The van der Waals surface area contributed by atoms with Crippen molar-refractivity contribution in [2.75, 3.05) is 24.6 Å². The molecule has 18 heavy (non-hydrogen) atoms. The predicted octanol–water partition coefficient (Wildman–Crippen LogP) is 2.86. The first-order valence-electron chi connectivity index (χ1n) is 5.85. The normalized spacial score (nSPS) is 20.1. The molecule has 2 aromatic rings. The molecule has 1 saturated heterocycles. The fourth-order valence-electron chi connectivity index (χ4n) is 2.08. The average molecular weight is 264 g/mol. The molecule has 1 atom stereocenters. The van der Waals surface area contributed by atoms with Crippen molar-refractivity contribution in [3.63, 3.8) is 0 Å². The Bertz CT molecular complexity index is 517. The Morgan fingerprint density at radius 1 is 1.33 bits per heavy atom. The summed E-state index contributed by atoms with van der Waals surface area (Å²) in [5.74, 6) is 0.242. The summed E-state index contributed by atoms with van der Waals surface area (Å²) in [6.07, 6.45) is 0.0591. The van der Waals surface area contributed by atoms with E-state index in [4.69, 9.17) is 4.74 Å². The van der Waals surface area contributed by atoms with Crippen LogP contribution in [0.4, 0.5) is 10.2 Å². The molecular weight excluding hydrogens is 251 g/mol. The van der Waals surface area contributed by atoms with E-state index in [1.807, 2.05) is 17.5 Å². The Hall–Kier alpha value is -1.46. The second-order valence-electron chi connectivity index (χ2n) is 4.14. The molecule has 0 spiro atoms. The summed E-state index contributed by atoms with van der Waals surface area (Å²) in [6.45, 7) is 2.11. The first kappa shape index (κ1) is 11.6. The molecule has 0 aromatic carbocycles. The van der Waals surface area contributed by atoms with Gasteiger partial charge in [0, 0.05) is 11.4 Å². The lowest BCUT2D eigenvalue weighted by atomic mass is 10.2. The molecule has 0 N–H and O–H groups in total. The molecular formula is C13H13FN2OS. The SMILES string of the molecule is Fc1cccc(N2CCOC(c3cccs3)C2)n1. The summed E-state index contributed by atoms with van der Waals surface area (Å²) < 4.78 is 18.9. The Morgan fingerprint density at radius 3 is 3.06 bits per heavy atom. The summed E-state index contributed by atoms with van der Waals surface area (Å²) in [7, 11) is 0. The summed E-state index contributed by atoms with van der Waals surface area (Å²) in [4.78, 5) is 7.19. The van der Waals surface area contributed by atoms with Crippen molar-refractivity contribution in [3.05, 3.63) is 46.5 Å². The molecule has 1 unspecified atom stereocenters. The van der Waals surface area contributed by atoms with Crippen LogP contribution >= 0.6 is 11.3 Å². The van der Waals surface area contributed by atoms with Crippen LogP contribution in [0, 0.1) is 5.95 Å². The lowest BCUT2D eigenvalue weighted by Crippen LogP contribution is -2.38. The van der Waals surface area contributed by atoms with E-state index in [1.54, 1.807) is 17.4 Å². The summed E-state index contributed by atoms with van der Waals surface area (Å²) in [5.41, 5.74) is 0. The van der Waals surface area contributed by atoms with Crippen LogP contribution in [0.3, 0.4) is 0 Å². The van der Waals surface area contributed by atoms with Gasteiger partial charge in [0.05, 0.1) is 13.2 Å². The van der Waals surface area contributed by atoms with Crippen LogP contribution in [-0.2, 0) is 4.74 Å². The Labute approximate surface area is 109 Å². The zero-order valence-corrected chi connectivity index (χ0v) is 10.6. The van der Waals surface area contributed by atoms with Crippen molar-refractivity contribution in [2.45, 2.75) is 6.10 Å². The number of anilines is 1. The van der Waals surface area contributed by atoms with Gasteiger partial charge in [-0.2, -0.15) is 4.39 Å². The Morgan fingerprint density at radius 2 is 2.28 bits per heavy atom. The van der Waals surface area contributed by atoms with Crippen molar-refractivity contribution in [1.82, 2.24) is 4.98 Å². The first-order chi connectivity index (χ1) is 8.83. The molecule has 5 heteroatoms. The van der Waals surface area contributed by atoms with E-state index in [-0.39, 0.29) is 6.10 Å². The monoisotopic (exact) mass is 264 g/mol. The van der Waals surface area contributed by atoms with Crippen LogP contribution in [0.2, 0.25) is 0 Å². The molecule has 0 saturated carbocycles. The number of nitrogens with zero attached hydrogens (tertiary/aromatic N) is 2. The van der Waals surface area contributed by atoms with E-state index < -0.39 is 5.95 Å². The van der Waals surface area contributed by atoms with Gasteiger partial charge in [-0.05, 0) is 23.6 Å². The summed E-state index contributed by atoms with van der Waals surface area (Å²) in [5, 5.41) is 2.04. The number of thiophene rings is 1. The van der Waals surface area contributed by atoms with Gasteiger partial charge < -0.3 is 9.64 Å². The third kappa shape index (κ3) is 2.37. The molecule has 3 heterocycles. The molecule has 94 valence electrons. The zero-order chi connectivity index (χ0) is 12.4. The molecule has 0 bridgehead atoms. The van der Waals surface area contributed by atoms with Crippen LogP contribution in [-0.4, -0.2) is 24.7 Å². The van der Waals surface area contributed by atoms with E-state index in [0.29, 0.717) is 12.4 Å². The number of aromatic nitrogens is 1. The highest BCUT2D eigenvalue weighted by atomic mass is 32.1. The van der Waals surface area contributed by atoms with Gasteiger partial charge >= 0.3 is 0 Å². The Kier molecular flexibility index (Phi) is 3.25. The van der Waals surface area contributed by atoms with Gasteiger partial charge in [-0.1, -0.05) is 12.1 Å². The second-order valence-corrected chi connectivity index (χ2v) is 5.12. The average Bonchev–Trinajstić information content (AvgIpc) is 2.93. The van der Waals surface area contributed by atoms with E-state index in [9.17, 15) is 4.39 Å². The number of pyridine rings is 1. The van der Waals surface area contributed by atoms with Crippen LogP contribution in [0.5, 0.6) is 0 Å². The highest BCUT2D eigenvalue weighted by Crippen LogP contribution is 2.27. The Balaban J connectivity index is 1.78. The van der Waals surface area contributed by atoms with Gasteiger partial charge in [0.15, 0.2) is 0 Å². The minimum Gasteiger partial charge on any atom is -0.369 e. The first-order valence-corrected chi connectivity index (χ1v) is 6.73. The van der Waals surface area contributed by atoms with Crippen molar-refractivity contribution in [1.29, 1.82) is 0 Å². The highest BCUT2D eigenvalue weighted by Gasteiger charge is 2.23. The van der Waals surface area contributed by atoms with Crippen molar-refractivity contribution in [2.24, 2.45) is 0 Å². The number of morpholine rings is 1. The molecule has 1 aliphatic heterocycles. The zero-order valence-electron chi connectivity index (χ0n) is 9.75. The van der Waals surface area contributed by atoms with E-state index in [1.165, 1.54) is 10.9 Å². The molecule has 1 fully saturated rings. The maximum atomic E-state index is 13.1. The smallest absolute Gasteiger partial charge is 0.214 e. The molecule has 0 aliphatic carbocycles. The van der Waals surface area contributed by atoms with Gasteiger partial charge in [0.25, 0.3) is 0 Å². The van der Waals surface area contributed by atoms with Crippen molar-refractivity contribution >= 4 is 17.2 Å². The summed E-state index contributed by atoms with van der Waals surface area (Å²) in [6, 6.07) is 8.97. The quantitative estimate of drug-likeness (QED) is 0.780. The van der Waals surface area contributed by atoms with E-state index in [0.717, 1.165) is 13.1 Å². The minimum atomic E-state index is -0.438. The van der Waals surface area contributed by atoms with Crippen LogP contribution in [0.25, 0.3) is 0 Å². The van der Waals surface area contributed by atoms with E-state index in [2.05, 4.69) is 16.0 Å². The highest BCUT2D eigenvalue weighted by molar-refractivity contribution is 7.10. The van der Waals surface area contributed by atoms with Crippen molar-refractivity contribution in [3.8, 4) is 0 Å². The van der Waals surface area contributed by atoms with E-state index >= 15 is 0 Å². The molecule has 3 nitrogen and oxygen atoms in total. The van der Waals surface area contributed by atoms with Gasteiger partial charge in [0.2, 0.25) is 5.95 Å². The predicted molar refractivity (Wildman–Crippen MR) is 69.4 cm³/mol. The molecule has 2 aromatic heterocycles. The van der Waals surface area contributed by atoms with Gasteiger partial charge in [-0.3, -0.25) is 0 Å². The molecule has 1 aliphatic rings. The number of ether oxygens (including phenoxy) is 1. The third-order valence-electron chi connectivity index (χ3n) is 2.95. The summed E-state index contributed by atoms with van der Waals surface area (Å²) >= 11 is 1.68. The maximum Gasteiger partial charge on any atom is 0.214 e. The van der Waals surface area contributed by atoms with Crippen LogP contribution in [0.1, 0.15) is 11.0 Å². The van der Waals surface area contributed by atoms with Gasteiger partial charge in [-0.15, -0.1) is 11.3 Å². The molecule has 3 rings (SSSR count). The minimum absolute atomic E-state index is 0.0591. The number of halogens is 1. The van der Waals surface area contributed by atoms with Gasteiger partial charge in [-0.25, -0.2) is 4.98 Å². The lowest BCUT2D eigenvalue weighted by Gasteiger charge is -2.33. The van der Waals surface area contributed by atoms with Crippen molar-refractivity contribution < 1.29 is 9.13 Å². The standard InChI is InChI=1S/C13H13FN2OS/c14-12-4-1-5-13(15-12)16-6-7-17-10(9-16)11-3-2-8-18-11/h1-5,8,10H,6-7,9H2. The van der Waals surface area contributed by atoms with Gasteiger partial charge in [0.1, 0.15) is 11.9 Å². The lowest BCUT2D eigenvalue weighted by molar-refractivity contribution is 0.0418. The number of rotatable bonds is 2. The number of hydrogen-bond acceptors (Lipinski definition) is 4. The second kappa shape index (κ2) is 5.04. The maximum absolute atomic E-state index is 13.1. The topological polar surface area (TPSA) is 25.4 Å². The molecule has 0 amide bonds.